The highest BCUT2D eigenvalue weighted by Crippen LogP contribution is 2.28. The lowest BCUT2D eigenvalue weighted by Crippen LogP contribution is -2.47. The van der Waals surface area contributed by atoms with Crippen molar-refractivity contribution >= 4 is 23.6 Å². The van der Waals surface area contributed by atoms with Crippen molar-refractivity contribution in [2.75, 3.05) is 45.7 Å². The molecule has 0 bridgehead atoms. The van der Waals surface area contributed by atoms with Crippen LogP contribution in [0.15, 0.2) is 53.1 Å². The Balaban J connectivity index is 1.52. The summed E-state index contributed by atoms with van der Waals surface area (Å²) in [4.78, 5) is 32.3. The normalized spacial score (nSPS) is 14.2. The molecule has 166 valence electrons. The van der Waals surface area contributed by atoms with Gasteiger partial charge in [0.25, 0.3) is 11.9 Å². The summed E-state index contributed by atoms with van der Waals surface area (Å²) < 4.78 is 11.1. The highest BCUT2D eigenvalue weighted by atomic mass is 16.5. The van der Waals surface area contributed by atoms with Gasteiger partial charge in [-0.2, -0.15) is 0 Å². The van der Waals surface area contributed by atoms with Crippen molar-refractivity contribution < 1.29 is 23.8 Å². The lowest BCUT2D eigenvalue weighted by atomic mass is 10.1. The minimum Gasteiger partial charge on any atom is -0.497 e. The van der Waals surface area contributed by atoms with Crippen LogP contribution >= 0.6 is 0 Å². The van der Waals surface area contributed by atoms with Gasteiger partial charge in [0.1, 0.15) is 5.75 Å². The van der Waals surface area contributed by atoms with Crippen LogP contribution in [0.3, 0.4) is 0 Å². The van der Waals surface area contributed by atoms with Gasteiger partial charge >= 0.3 is 5.97 Å². The van der Waals surface area contributed by atoms with E-state index in [-0.39, 0.29) is 17.5 Å². The Kier molecular flexibility index (Phi) is 6.09. The summed E-state index contributed by atoms with van der Waals surface area (Å²) in [5.74, 6) is -0.00678. The number of likely N-dealkylation sites (N-methyl/N-ethyl adjacent to an activating group) is 1. The standard InChI is InChI=1S/C23H24N4O5/c1-26-7-9-27(10-8-26)21(28)17-11-18(13-19(12-17)31-2)25-23-24-14-20(32-23)15-3-5-16(6-4-15)22(29)30/h3-6,11-14H,7-10H2,1-2H3,(H,24,25)(H,29,30). The van der Waals surface area contributed by atoms with Crippen LogP contribution in [-0.2, 0) is 0 Å². The van der Waals surface area contributed by atoms with E-state index in [0.29, 0.717) is 41.4 Å². The van der Waals surface area contributed by atoms with Gasteiger partial charge in [0.2, 0.25) is 0 Å². The Bertz CT molecular complexity index is 1120. The molecule has 9 heteroatoms. The van der Waals surface area contributed by atoms with Crippen molar-refractivity contribution in [2.45, 2.75) is 0 Å². The first-order valence-corrected chi connectivity index (χ1v) is 10.2. The topological polar surface area (TPSA) is 108 Å². The van der Waals surface area contributed by atoms with Gasteiger partial charge in [-0.3, -0.25) is 4.79 Å². The van der Waals surface area contributed by atoms with Crippen LogP contribution in [0.2, 0.25) is 0 Å². The molecule has 2 heterocycles. The lowest BCUT2D eigenvalue weighted by molar-refractivity contribution is 0.0661. The average Bonchev–Trinajstić information content (AvgIpc) is 3.27. The Morgan fingerprint density at radius 1 is 1.06 bits per heavy atom. The number of carboxylic acid groups (broad SMARTS) is 1. The predicted molar refractivity (Wildman–Crippen MR) is 119 cm³/mol. The third-order valence-electron chi connectivity index (χ3n) is 5.35. The third kappa shape index (κ3) is 4.73. The van der Waals surface area contributed by atoms with Crippen LogP contribution in [0.5, 0.6) is 5.75 Å². The van der Waals surface area contributed by atoms with Gasteiger partial charge in [-0.1, -0.05) is 12.1 Å². The highest BCUT2D eigenvalue weighted by molar-refractivity contribution is 5.96. The first-order valence-electron chi connectivity index (χ1n) is 10.2. The summed E-state index contributed by atoms with van der Waals surface area (Å²) in [7, 11) is 3.59. The van der Waals surface area contributed by atoms with Gasteiger partial charge in [-0.05, 0) is 31.3 Å². The number of benzene rings is 2. The molecule has 0 radical (unpaired) electrons. The Hall–Kier alpha value is -3.85. The van der Waals surface area contributed by atoms with E-state index in [4.69, 9.17) is 14.3 Å². The average molecular weight is 436 g/mol. The minimum absolute atomic E-state index is 0.0494. The number of carboxylic acids is 1. The number of piperazine rings is 1. The molecule has 32 heavy (non-hydrogen) atoms. The Morgan fingerprint density at radius 2 is 1.78 bits per heavy atom. The number of anilines is 2. The summed E-state index contributed by atoms with van der Waals surface area (Å²) in [6.45, 7) is 3.04. The van der Waals surface area contributed by atoms with E-state index in [2.05, 4.69) is 15.2 Å². The van der Waals surface area contributed by atoms with E-state index in [1.165, 1.54) is 12.1 Å². The number of methoxy groups -OCH3 is 1. The smallest absolute Gasteiger partial charge is 0.335 e. The molecule has 0 spiro atoms. The zero-order valence-corrected chi connectivity index (χ0v) is 17.9. The Morgan fingerprint density at radius 3 is 2.44 bits per heavy atom. The molecule has 9 nitrogen and oxygen atoms in total. The van der Waals surface area contributed by atoms with Crippen LogP contribution < -0.4 is 10.1 Å². The van der Waals surface area contributed by atoms with E-state index in [9.17, 15) is 9.59 Å². The molecule has 0 saturated carbocycles. The first kappa shape index (κ1) is 21.4. The van der Waals surface area contributed by atoms with E-state index in [0.717, 1.165) is 13.1 Å². The maximum atomic E-state index is 13.0. The molecule has 1 amide bonds. The molecule has 4 rings (SSSR count). The van der Waals surface area contributed by atoms with E-state index in [1.807, 2.05) is 11.9 Å². The summed E-state index contributed by atoms with van der Waals surface area (Å²) in [5, 5.41) is 12.1. The van der Waals surface area contributed by atoms with E-state index >= 15 is 0 Å². The SMILES string of the molecule is COc1cc(Nc2ncc(-c3ccc(C(=O)O)cc3)o2)cc(C(=O)N2CCN(C)CC2)c1. The number of rotatable bonds is 6. The van der Waals surface area contributed by atoms with E-state index < -0.39 is 5.97 Å². The number of carbonyl (C=O) groups excluding carboxylic acids is 1. The zero-order valence-electron chi connectivity index (χ0n) is 17.9. The number of nitrogens with one attached hydrogen (secondary N) is 1. The zero-order chi connectivity index (χ0) is 22.7. The van der Waals surface area contributed by atoms with Crippen molar-refractivity contribution in [3.8, 4) is 17.1 Å². The number of carbonyl (C=O) groups is 2. The predicted octanol–water partition coefficient (Wildman–Crippen LogP) is 3.18. The molecule has 1 saturated heterocycles. The number of ether oxygens (including phenoxy) is 1. The van der Waals surface area contributed by atoms with Crippen molar-refractivity contribution in [2.24, 2.45) is 0 Å². The lowest BCUT2D eigenvalue weighted by Gasteiger charge is -2.32. The van der Waals surface area contributed by atoms with Crippen LogP contribution in [0.1, 0.15) is 20.7 Å². The van der Waals surface area contributed by atoms with Crippen molar-refractivity contribution in [1.29, 1.82) is 0 Å². The van der Waals surface area contributed by atoms with Crippen molar-refractivity contribution in [3.05, 3.63) is 59.8 Å². The fourth-order valence-corrected chi connectivity index (χ4v) is 3.47. The molecule has 1 aliphatic heterocycles. The molecule has 1 fully saturated rings. The number of amides is 1. The van der Waals surface area contributed by atoms with E-state index in [1.54, 1.807) is 43.6 Å². The number of aromatic carboxylic acids is 1. The molecule has 1 aromatic heterocycles. The molecule has 0 unspecified atom stereocenters. The van der Waals surface area contributed by atoms with Crippen LogP contribution in [0, 0.1) is 0 Å². The third-order valence-corrected chi connectivity index (χ3v) is 5.35. The molecule has 1 aliphatic rings. The van der Waals surface area contributed by atoms with Gasteiger partial charge in [-0.15, -0.1) is 0 Å². The quantitative estimate of drug-likeness (QED) is 0.607. The second kappa shape index (κ2) is 9.11. The largest absolute Gasteiger partial charge is 0.497 e. The molecule has 0 atom stereocenters. The van der Waals surface area contributed by atoms with Gasteiger partial charge in [0, 0.05) is 49.1 Å². The molecule has 2 N–H and O–H groups in total. The number of hydrogen-bond acceptors (Lipinski definition) is 7. The summed E-state index contributed by atoms with van der Waals surface area (Å²) >= 11 is 0. The van der Waals surface area contributed by atoms with Gasteiger partial charge in [-0.25, -0.2) is 9.78 Å². The van der Waals surface area contributed by atoms with Gasteiger partial charge in [0.15, 0.2) is 5.76 Å². The van der Waals surface area contributed by atoms with Crippen LogP contribution in [-0.4, -0.2) is 72.1 Å². The molecule has 0 aliphatic carbocycles. The molecular formula is C23H24N4O5. The second-order valence-electron chi connectivity index (χ2n) is 7.58. The maximum absolute atomic E-state index is 13.0. The summed E-state index contributed by atoms with van der Waals surface area (Å²) in [6.07, 6.45) is 1.55. The molecule has 3 aromatic rings. The molecular weight excluding hydrogens is 412 g/mol. The first-order chi connectivity index (χ1) is 15.4. The maximum Gasteiger partial charge on any atom is 0.335 e. The van der Waals surface area contributed by atoms with Crippen molar-refractivity contribution in [3.63, 3.8) is 0 Å². The number of oxazole rings is 1. The molecule has 2 aromatic carbocycles. The number of hydrogen-bond donors (Lipinski definition) is 2. The van der Waals surface area contributed by atoms with Crippen LogP contribution in [0.4, 0.5) is 11.7 Å². The van der Waals surface area contributed by atoms with Crippen molar-refractivity contribution in [1.82, 2.24) is 14.8 Å². The fourth-order valence-electron chi connectivity index (χ4n) is 3.47. The second-order valence-corrected chi connectivity index (χ2v) is 7.58. The fraction of sp³-hybridized carbons (Fsp3) is 0.261. The highest BCUT2D eigenvalue weighted by Gasteiger charge is 2.21. The minimum atomic E-state index is -0.989. The number of nitrogens with zero attached hydrogens (tertiary/aromatic N) is 3. The number of aromatic nitrogens is 1. The summed E-state index contributed by atoms with van der Waals surface area (Å²) in [5.41, 5.74) is 2.02. The summed E-state index contributed by atoms with van der Waals surface area (Å²) in [6, 6.07) is 11.8. The van der Waals surface area contributed by atoms with Gasteiger partial charge in [0.05, 0.1) is 18.9 Å². The van der Waals surface area contributed by atoms with Gasteiger partial charge < -0.3 is 29.4 Å². The monoisotopic (exact) mass is 436 g/mol. The Labute approximate surface area is 185 Å². The van der Waals surface area contributed by atoms with Crippen LogP contribution in [0.25, 0.3) is 11.3 Å².